The zero-order valence-electron chi connectivity index (χ0n) is 9.07. The topological polar surface area (TPSA) is 68.2 Å². The van der Waals surface area contributed by atoms with Gasteiger partial charge in [0.2, 0.25) is 0 Å². The lowest BCUT2D eigenvalue weighted by Gasteiger charge is -2.03. The summed E-state index contributed by atoms with van der Waals surface area (Å²) in [6.07, 6.45) is 0. The van der Waals surface area contributed by atoms with E-state index in [0.717, 1.165) is 0 Å². The molecule has 0 aliphatic carbocycles. The molecule has 0 amide bonds. The third kappa shape index (κ3) is 22.6. The van der Waals surface area contributed by atoms with Crippen LogP contribution >= 0.6 is 0 Å². The van der Waals surface area contributed by atoms with Crippen molar-refractivity contribution in [3.63, 3.8) is 0 Å². The van der Waals surface area contributed by atoms with Crippen molar-refractivity contribution in [1.82, 2.24) is 0 Å². The number of ether oxygens (including phenoxy) is 3. The largest absolute Gasteiger partial charge is 0.397 e. The first-order chi connectivity index (χ1) is 6.83. The Morgan fingerprint density at radius 1 is 0.857 bits per heavy atom. The van der Waals surface area contributed by atoms with Gasteiger partial charge in [0.05, 0.1) is 39.6 Å². The molecule has 0 saturated heterocycles. The molecule has 0 unspecified atom stereocenters. The minimum absolute atomic E-state index is 0.0675. The van der Waals surface area contributed by atoms with Crippen molar-refractivity contribution >= 4 is 0 Å². The van der Waals surface area contributed by atoms with Gasteiger partial charge in [-0.25, -0.2) is 0 Å². The van der Waals surface area contributed by atoms with Crippen molar-refractivity contribution in [2.45, 2.75) is 6.92 Å². The van der Waals surface area contributed by atoms with Gasteiger partial charge in [-0.15, -0.1) is 0 Å². The molecule has 0 bridgehead atoms. The maximum absolute atomic E-state index is 8.32. The summed E-state index contributed by atoms with van der Waals surface area (Å²) in [6.45, 7) is 4.68. The minimum Gasteiger partial charge on any atom is -0.397 e. The normalized spacial score (nSPS) is 9.43. The average molecular weight is 210 g/mol. The highest BCUT2D eigenvalue weighted by Gasteiger charge is 1.87. The average Bonchev–Trinajstić information content (AvgIpc) is 2.18. The predicted molar refractivity (Wildman–Crippen MR) is 53.4 cm³/mol. The minimum atomic E-state index is 0.0675. The zero-order chi connectivity index (χ0) is 11.1. The van der Waals surface area contributed by atoms with Crippen molar-refractivity contribution in [2.24, 2.45) is 0 Å². The standard InChI is InChI=1S/C7H16O4.C2H6O/c1-9-4-5-11-7-6-10-3-2-8;1-2-3/h8H,2-7H2,1H3;3H,2H2,1H3. The second-order valence-electron chi connectivity index (χ2n) is 2.26. The van der Waals surface area contributed by atoms with Crippen LogP contribution in [0.5, 0.6) is 0 Å². The molecule has 0 heterocycles. The van der Waals surface area contributed by atoms with Crippen molar-refractivity contribution < 1.29 is 24.4 Å². The van der Waals surface area contributed by atoms with Crippen LogP contribution in [0.4, 0.5) is 0 Å². The molecule has 0 rings (SSSR count). The van der Waals surface area contributed by atoms with E-state index in [1.807, 2.05) is 0 Å². The molecule has 0 spiro atoms. The van der Waals surface area contributed by atoms with Crippen LogP contribution in [-0.4, -0.2) is 63.6 Å². The van der Waals surface area contributed by atoms with Gasteiger partial charge in [-0.2, -0.15) is 0 Å². The fourth-order valence-electron chi connectivity index (χ4n) is 0.529. The number of aliphatic hydroxyl groups excluding tert-OH is 2. The number of aliphatic hydroxyl groups is 2. The molecule has 0 saturated carbocycles. The Labute approximate surface area is 85.6 Å². The fraction of sp³-hybridized carbons (Fsp3) is 1.00. The summed E-state index contributed by atoms with van der Waals surface area (Å²) in [7, 11) is 1.63. The van der Waals surface area contributed by atoms with E-state index in [1.54, 1.807) is 14.0 Å². The molecule has 88 valence electrons. The van der Waals surface area contributed by atoms with Gasteiger partial charge in [0, 0.05) is 13.7 Å². The molecule has 14 heavy (non-hydrogen) atoms. The first-order valence-corrected chi connectivity index (χ1v) is 4.69. The van der Waals surface area contributed by atoms with Gasteiger partial charge in [-0.3, -0.25) is 0 Å². The molecule has 5 heteroatoms. The molecule has 0 aromatic rings. The fourth-order valence-corrected chi connectivity index (χ4v) is 0.529. The van der Waals surface area contributed by atoms with Crippen molar-refractivity contribution in [3.8, 4) is 0 Å². The van der Waals surface area contributed by atoms with E-state index >= 15 is 0 Å². The molecule has 0 fully saturated rings. The van der Waals surface area contributed by atoms with Crippen LogP contribution < -0.4 is 0 Å². The van der Waals surface area contributed by atoms with Gasteiger partial charge >= 0.3 is 0 Å². The van der Waals surface area contributed by atoms with E-state index < -0.39 is 0 Å². The summed E-state index contributed by atoms with van der Waals surface area (Å²) in [5, 5.41) is 15.9. The smallest absolute Gasteiger partial charge is 0.0701 e. The lowest BCUT2D eigenvalue weighted by atomic mass is 10.7. The van der Waals surface area contributed by atoms with Gasteiger partial charge in [0.15, 0.2) is 0 Å². The summed E-state index contributed by atoms with van der Waals surface area (Å²) in [5.74, 6) is 0. The van der Waals surface area contributed by atoms with Crippen LogP contribution in [0.15, 0.2) is 0 Å². The van der Waals surface area contributed by atoms with Crippen LogP contribution in [0, 0.1) is 0 Å². The highest BCUT2D eigenvalue weighted by Crippen LogP contribution is 1.78. The summed E-state index contributed by atoms with van der Waals surface area (Å²) < 4.78 is 14.8. The van der Waals surface area contributed by atoms with E-state index in [9.17, 15) is 0 Å². The monoisotopic (exact) mass is 210 g/mol. The maximum Gasteiger partial charge on any atom is 0.0701 e. The van der Waals surface area contributed by atoms with Crippen LogP contribution in [0.2, 0.25) is 0 Å². The van der Waals surface area contributed by atoms with Crippen LogP contribution in [-0.2, 0) is 14.2 Å². The molecule has 0 aromatic heterocycles. The van der Waals surface area contributed by atoms with Crippen LogP contribution in [0.1, 0.15) is 6.92 Å². The maximum atomic E-state index is 8.32. The van der Waals surface area contributed by atoms with Crippen LogP contribution in [0.3, 0.4) is 0 Å². The quantitative estimate of drug-likeness (QED) is 0.536. The van der Waals surface area contributed by atoms with Crippen molar-refractivity contribution in [3.05, 3.63) is 0 Å². The lowest BCUT2D eigenvalue weighted by Crippen LogP contribution is -2.09. The molecule has 0 aromatic carbocycles. The summed E-state index contributed by atoms with van der Waals surface area (Å²) in [6, 6.07) is 0. The number of rotatable bonds is 8. The van der Waals surface area contributed by atoms with Crippen LogP contribution in [0.25, 0.3) is 0 Å². The third-order valence-corrected chi connectivity index (χ3v) is 1.04. The van der Waals surface area contributed by atoms with E-state index in [1.165, 1.54) is 0 Å². The number of methoxy groups -OCH3 is 1. The Balaban J connectivity index is 0. The van der Waals surface area contributed by atoms with E-state index in [2.05, 4.69) is 0 Å². The summed E-state index contributed by atoms with van der Waals surface area (Å²) in [5.41, 5.74) is 0. The van der Waals surface area contributed by atoms with Crippen molar-refractivity contribution in [1.29, 1.82) is 0 Å². The second-order valence-corrected chi connectivity index (χ2v) is 2.26. The molecular formula is C9H22O5. The summed E-state index contributed by atoms with van der Waals surface area (Å²) in [4.78, 5) is 0. The Bertz CT molecular complexity index is 71.6. The predicted octanol–water partition coefficient (Wildman–Crippen LogP) is -0.343. The molecule has 0 radical (unpaired) electrons. The summed E-state index contributed by atoms with van der Waals surface area (Å²) >= 11 is 0. The molecule has 2 N–H and O–H groups in total. The molecular weight excluding hydrogens is 188 g/mol. The lowest BCUT2D eigenvalue weighted by molar-refractivity contribution is 0.0159. The van der Waals surface area contributed by atoms with Gasteiger partial charge < -0.3 is 24.4 Å². The third-order valence-electron chi connectivity index (χ3n) is 1.04. The first kappa shape index (κ1) is 16.2. The van der Waals surface area contributed by atoms with E-state index in [4.69, 9.17) is 24.4 Å². The highest BCUT2D eigenvalue weighted by atomic mass is 16.5. The first-order valence-electron chi connectivity index (χ1n) is 4.69. The molecule has 0 atom stereocenters. The molecule has 0 aliphatic rings. The SMILES string of the molecule is CCO.COCCOCCOCCO. The zero-order valence-corrected chi connectivity index (χ0v) is 9.07. The van der Waals surface area contributed by atoms with E-state index in [0.29, 0.717) is 33.0 Å². The van der Waals surface area contributed by atoms with Crippen molar-refractivity contribution in [2.75, 3.05) is 53.4 Å². The number of hydrogen-bond acceptors (Lipinski definition) is 5. The number of hydrogen-bond donors (Lipinski definition) is 2. The van der Waals surface area contributed by atoms with Gasteiger partial charge in [-0.1, -0.05) is 0 Å². The van der Waals surface area contributed by atoms with Gasteiger partial charge in [0.1, 0.15) is 0 Å². The molecule has 0 aliphatic heterocycles. The highest BCUT2D eigenvalue weighted by molar-refractivity contribution is 4.31. The van der Waals surface area contributed by atoms with E-state index in [-0.39, 0.29) is 13.2 Å². The Hall–Kier alpha value is -0.200. The Morgan fingerprint density at radius 3 is 1.71 bits per heavy atom. The van der Waals surface area contributed by atoms with Gasteiger partial charge in [-0.05, 0) is 6.92 Å². The Kier molecular flexibility index (Phi) is 21.5. The van der Waals surface area contributed by atoms with Gasteiger partial charge in [0.25, 0.3) is 0 Å². The molecule has 5 nitrogen and oxygen atoms in total. The Morgan fingerprint density at radius 2 is 1.29 bits per heavy atom. The second kappa shape index (κ2) is 18.6.